The Hall–Kier alpha value is -1.20. The van der Waals surface area contributed by atoms with Crippen LogP contribution in [0, 0.1) is 6.92 Å². The average molecular weight is 228 g/mol. The van der Waals surface area contributed by atoms with Crippen LogP contribution in [0.3, 0.4) is 0 Å². The van der Waals surface area contributed by atoms with E-state index in [1.54, 1.807) is 0 Å². The van der Waals surface area contributed by atoms with Gasteiger partial charge in [0.05, 0.1) is 11.1 Å². The van der Waals surface area contributed by atoms with E-state index in [1.807, 2.05) is 0 Å². The van der Waals surface area contributed by atoms with Crippen molar-refractivity contribution in [3.05, 3.63) is 34.9 Å². The monoisotopic (exact) mass is 228 g/mol. The van der Waals surface area contributed by atoms with Gasteiger partial charge in [0.1, 0.15) is 0 Å². The summed E-state index contributed by atoms with van der Waals surface area (Å²) in [5.74, 6) is 0. The first-order chi connectivity index (χ1) is 6.62. The predicted molar refractivity (Wildman–Crippen MR) is 41.2 cm³/mol. The Morgan fingerprint density at radius 1 is 0.800 bits per heavy atom. The molecule has 0 aliphatic heterocycles. The normalized spacial score (nSPS) is 13.0. The topological polar surface area (TPSA) is 0 Å². The molecule has 0 spiro atoms. The van der Waals surface area contributed by atoms with Gasteiger partial charge >= 0.3 is 12.4 Å². The van der Waals surface area contributed by atoms with E-state index in [1.165, 1.54) is 6.92 Å². The Labute approximate surface area is 81.5 Å². The van der Waals surface area contributed by atoms with Crippen LogP contribution in [0.1, 0.15) is 16.7 Å². The third kappa shape index (κ3) is 2.64. The number of hydrogen-bond acceptors (Lipinski definition) is 0. The highest BCUT2D eigenvalue weighted by Gasteiger charge is 2.42. The average Bonchev–Trinajstić information content (AvgIpc) is 2.00. The van der Waals surface area contributed by atoms with Crippen LogP contribution >= 0.6 is 0 Å². The van der Waals surface area contributed by atoms with Gasteiger partial charge in [-0.3, -0.25) is 0 Å². The molecular weight excluding hydrogens is 222 g/mol. The van der Waals surface area contributed by atoms with Crippen molar-refractivity contribution in [3.8, 4) is 0 Å². The zero-order valence-electron chi connectivity index (χ0n) is 7.50. The summed E-state index contributed by atoms with van der Waals surface area (Å²) in [5.41, 5.74) is -3.16. The second-order valence-electron chi connectivity index (χ2n) is 3.04. The van der Waals surface area contributed by atoms with Crippen molar-refractivity contribution in [2.45, 2.75) is 19.3 Å². The molecule has 0 radical (unpaired) electrons. The van der Waals surface area contributed by atoms with Crippen molar-refractivity contribution in [1.82, 2.24) is 0 Å². The molecule has 15 heavy (non-hydrogen) atoms. The molecule has 0 saturated heterocycles. The Balaban J connectivity index is 3.41. The lowest BCUT2D eigenvalue weighted by molar-refractivity contribution is -0.162. The number of alkyl halides is 6. The Morgan fingerprint density at radius 2 is 1.27 bits per heavy atom. The van der Waals surface area contributed by atoms with Crippen molar-refractivity contribution in [2.24, 2.45) is 0 Å². The fourth-order valence-corrected chi connectivity index (χ4v) is 1.14. The van der Waals surface area contributed by atoms with E-state index in [4.69, 9.17) is 0 Å². The number of halogens is 6. The van der Waals surface area contributed by atoms with Gasteiger partial charge in [0.25, 0.3) is 0 Å². The van der Waals surface area contributed by atoms with E-state index >= 15 is 0 Å². The molecule has 0 bridgehead atoms. The maximum absolute atomic E-state index is 12.3. The lowest BCUT2D eigenvalue weighted by Gasteiger charge is -2.15. The number of aryl methyl sites for hydroxylation is 1. The molecule has 1 rings (SSSR count). The third-order valence-electron chi connectivity index (χ3n) is 1.79. The van der Waals surface area contributed by atoms with Crippen molar-refractivity contribution in [2.75, 3.05) is 0 Å². The molecule has 0 aromatic heterocycles. The predicted octanol–water partition coefficient (Wildman–Crippen LogP) is 4.03. The summed E-state index contributed by atoms with van der Waals surface area (Å²) in [6.45, 7) is 1.30. The molecule has 84 valence electrons. The second kappa shape index (κ2) is 3.43. The van der Waals surface area contributed by atoms with E-state index < -0.39 is 23.5 Å². The van der Waals surface area contributed by atoms with Gasteiger partial charge in [-0.2, -0.15) is 26.3 Å². The minimum atomic E-state index is -4.99. The fraction of sp³-hybridized carbons (Fsp3) is 0.333. The first-order valence-corrected chi connectivity index (χ1v) is 3.87. The van der Waals surface area contributed by atoms with Crippen LogP contribution in [-0.4, -0.2) is 0 Å². The summed E-state index contributed by atoms with van der Waals surface area (Å²) in [4.78, 5) is 0. The molecular formula is C9H6F6. The van der Waals surface area contributed by atoms with Gasteiger partial charge < -0.3 is 0 Å². The maximum atomic E-state index is 12.3. The number of benzene rings is 1. The minimum absolute atomic E-state index is 0.135. The maximum Gasteiger partial charge on any atom is 0.417 e. The van der Waals surface area contributed by atoms with Crippen LogP contribution in [-0.2, 0) is 12.4 Å². The van der Waals surface area contributed by atoms with Gasteiger partial charge in [0.15, 0.2) is 0 Å². The van der Waals surface area contributed by atoms with Crippen molar-refractivity contribution < 1.29 is 26.3 Å². The minimum Gasteiger partial charge on any atom is -0.166 e. The molecule has 0 heterocycles. The molecule has 1 aromatic carbocycles. The van der Waals surface area contributed by atoms with E-state index in [-0.39, 0.29) is 5.56 Å². The molecule has 6 heteroatoms. The zero-order chi connectivity index (χ0) is 11.9. The summed E-state index contributed by atoms with van der Waals surface area (Å²) in [6.07, 6.45) is -9.98. The lowest BCUT2D eigenvalue weighted by Crippen LogP contribution is -2.16. The molecule has 0 amide bonds. The van der Waals surface area contributed by atoms with Gasteiger partial charge in [-0.15, -0.1) is 0 Å². The molecule has 1 aromatic rings. The van der Waals surface area contributed by atoms with E-state index in [0.29, 0.717) is 12.1 Å². The highest BCUT2D eigenvalue weighted by atomic mass is 19.4. The van der Waals surface area contributed by atoms with Gasteiger partial charge in [0, 0.05) is 0 Å². The fourth-order valence-electron chi connectivity index (χ4n) is 1.14. The summed E-state index contributed by atoms with van der Waals surface area (Å²) in [5, 5.41) is 0. The highest BCUT2D eigenvalue weighted by Crippen LogP contribution is 2.40. The van der Waals surface area contributed by atoms with E-state index in [2.05, 4.69) is 0 Å². The van der Waals surface area contributed by atoms with E-state index in [9.17, 15) is 26.3 Å². The highest BCUT2D eigenvalue weighted by molar-refractivity contribution is 5.35. The molecule has 0 atom stereocenters. The van der Waals surface area contributed by atoms with Crippen LogP contribution in [0.4, 0.5) is 26.3 Å². The largest absolute Gasteiger partial charge is 0.417 e. The van der Waals surface area contributed by atoms with Crippen LogP contribution < -0.4 is 0 Å². The first kappa shape index (κ1) is 11.9. The van der Waals surface area contributed by atoms with Gasteiger partial charge in [-0.1, -0.05) is 11.6 Å². The zero-order valence-corrected chi connectivity index (χ0v) is 7.50. The Kier molecular flexibility index (Phi) is 2.71. The van der Waals surface area contributed by atoms with Crippen LogP contribution in [0.25, 0.3) is 0 Å². The summed E-state index contributed by atoms with van der Waals surface area (Å²) >= 11 is 0. The SMILES string of the molecule is Cc1ccc(C(F)(F)F)c(C(F)(F)F)c1. The lowest BCUT2D eigenvalue weighted by atomic mass is 10.0. The van der Waals surface area contributed by atoms with Crippen molar-refractivity contribution in [3.63, 3.8) is 0 Å². The third-order valence-corrected chi connectivity index (χ3v) is 1.79. The van der Waals surface area contributed by atoms with Crippen molar-refractivity contribution in [1.29, 1.82) is 0 Å². The molecule has 0 nitrogen and oxygen atoms in total. The number of hydrogen-bond donors (Lipinski definition) is 0. The number of rotatable bonds is 0. The summed E-state index contributed by atoms with van der Waals surface area (Å²) < 4.78 is 73.4. The van der Waals surface area contributed by atoms with E-state index in [0.717, 1.165) is 6.07 Å². The smallest absolute Gasteiger partial charge is 0.166 e. The second-order valence-corrected chi connectivity index (χ2v) is 3.04. The van der Waals surface area contributed by atoms with Crippen LogP contribution in [0.2, 0.25) is 0 Å². The molecule has 0 N–H and O–H groups in total. The first-order valence-electron chi connectivity index (χ1n) is 3.87. The molecule has 0 fully saturated rings. The van der Waals surface area contributed by atoms with Crippen LogP contribution in [0.15, 0.2) is 18.2 Å². The summed E-state index contributed by atoms with van der Waals surface area (Å²) in [6, 6.07) is 1.93. The Bertz CT molecular complexity index is 360. The molecule has 0 aliphatic carbocycles. The van der Waals surface area contributed by atoms with Gasteiger partial charge in [-0.05, 0) is 19.1 Å². The standard InChI is InChI=1S/C9H6F6/c1-5-2-3-6(8(10,11)12)7(4-5)9(13,14)15/h2-4H,1H3. The van der Waals surface area contributed by atoms with Crippen LogP contribution in [0.5, 0.6) is 0 Å². The van der Waals surface area contributed by atoms with Gasteiger partial charge in [0.2, 0.25) is 0 Å². The molecule has 0 aliphatic rings. The molecule has 0 saturated carbocycles. The quantitative estimate of drug-likeness (QED) is 0.588. The Morgan fingerprint density at radius 3 is 1.67 bits per heavy atom. The van der Waals surface area contributed by atoms with Gasteiger partial charge in [-0.25, -0.2) is 0 Å². The summed E-state index contributed by atoms with van der Waals surface area (Å²) in [7, 11) is 0. The molecule has 0 unspecified atom stereocenters. The van der Waals surface area contributed by atoms with Crippen molar-refractivity contribution >= 4 is 0 Å².